The highest BCUT2D eigenvalue weighted by Crippen LogP contribution is 2.40. The van der Waals surface area contributed by atoms with E-state index in [4.69, 9.17) is 10.5 Å². The van der Waals surface area contributed by atoms with Crippen LogP contribution in [-0.2, 0) is 11.2 Å². The van der Waals surface area contributed by atoms with E-state index >= 15 is 0 Å². The third-order valence-electron chi connectivity index (χ3n) is 4.65. The first-order valence-electron chi connectivity index (χ1n) is 8.56. The minimum Gasteiger partial charge on any atom is -0.373 e. The van der Waals surface area contributed by atoms with Gasteiger partial charge in [0.2, 0.25) is 0 Å². The van der Waals surface area contributed by atoms with Crippen molar-refractivity contribution in [1.29, 1.82) is 0 Å². The SMILES string of the molecule is CCOC1(C(N)c2cccc(CC(C)C)c2)CCCCC1. The highest BCUT2D eigenvalue weighted by Gasteiger charge is 2.39. The van der Waals surface area contributed by atoms with Gasteiger partial charge in [-0.05, 0) is 43.2 Å². The maximum atomic E-state index is 6.67. The van der Waals surface area contributed by atoms with Gasteiger partial charge in [0.25, 0.3) is 0 Å². The molecule has 0 spiro atoms. The van der Waals surface area contributed by atoms with Crippen molar-refractivity contribution in [3.63, 3.8) is 0 Å². The minimum atomic E-state index is -0.149. The molecule has 21 heavy (non-hydrogen) atoms. The van der Waals surface area contributed by atoms with E-state index in [1.54, 1.807) is 0 Å². The van der Waals surface area contributed by atoms with Crippen LogP contribution in [0, 0.1) is 5.92 Å². The molecule has 2 heteroatoms. The molecule has 2 nitrogen and oxygen atoms in total. The third-order valence-corrected chi connectivity index (χ3v) is 4.65. The van der Waals surface area contributed by atoms with Gasteiger partial charge in [-0.2, -0.15) is 0 Å². The molecular formula is C19H31NO. The molecule has 1 fully saturated rings. The lowest BCUT2D eigenvalue weighted by Crippen LogP contribution is -2.45. The van der Waals surface area contributed by atoms with Crippen LogP contribution in [0.2, 0.25) is 0 Å². The molecular weight excluding hydrogens is 258 g/mol. The summed E-state index contributed by atoms with van der Waals surface area (Å²) < 4.78 is 6.18. The number of rotatable bonds is 6. The molecule has 0 amide bonds. The fraction of sp³-hybridized carbons (Fsp3) is 0.684. The highest BCUT2D eigenvalue weighted by atomic mass is 16.5. The summed E-state index contributed by atoms with van der Waals surface area (Å²) in [6, 6.07) is 8.81. The van der Waals surface area contributed by atoms with Crippen LogP contribution in [-0.4, -0.2) is 12.2 Å². The zero-order valence-electron chi connectivity index (χ0n) is 13.9. The predicted octanol–water partition coefficient (Wildman–Crippen LogP) is 4.62. The van der Waals surface area contributed by atoms with Crippen molar-refractivity contribution in [3.8, 4) is 0 Å². The largest absolute Gasteiger partial charge is 0.373 e. The number of hydrogen-bond donors (Lipinski definition) is 1. The monoisotopic (exact) mass is 289 g/mol. The standard InChI is InChI=1S/C19H31NO/c1-4-21-19(11-6-5-7-12-19)18(20)17-10-8-9-16(14-17)13-15(2)3/h8-10,14-15,18H,4-7,11-13,20H2,1-3H3. The Morgan fingerprint density at radius 1 is 1.19 bits per heavy atom. The van der Waals surface area contributed by atoms with E-state index in [1.165, 1.54) is 30.4 Å². The van der Waals surface area contributed by atoms with Crippen molar-refractivity contribution in [3.05, 3.63) is 35.4 Å². The third kappa shape index (κ3) is 4.08. The molecule has 1 aliphatic carbocycles. The molecule has 1 unspecified atom stereocenters. The van der Waals surface area contributed by atoms with Crippen LogP contribution < -0.4 is 5.73 Å². The van der Waals surface area contributed by atoms with Crippen molar-refractivity contribution in [2.45, 2.75) is 70.9 Å². The second-order valence-corrected chi connectivity index (χ2v) is 6.88. The average molecular weight is 289 g/mol. The first-order chi connectivity index (χ1) is 10.1. The Labute approximate surface area is 130 Å². The van der Waals surface area contributed by atoms with Crippen LogP contribution in [0.4, 0.5) is 0 Å². The average Bonchev–Trinajstić information content (AvgIpc) is 2.47. The van der Waals surface area contributed by atoms with Gasteiger partial charge in [0.15, 0.2) is 0 Å². The van der Waals surface area contributed by atoms with Gasteiger partial charge in [-0.25, -0.2) is 0 Å². The number of ether oxygens (including phenoxy) is 1. The molecule has 2 rings (SSSR count). The highest BCUT2D eigenvalue weighted by molar-refractivity contribution is 5.28. The van der Waals surface area contributed by atoms with E-state index in [0.29, 0.717) is 5.92 Å². The molecule has 1 aromatic carbocycles. The van der Waals surface area contributed by atoms with Gasteiger partial charge in [0.1, 0.15) is 0 Å². The van der Waals surface area contributed by atoms with E-state index in [9.17, 15) is 0 Å². The quantitative estimate of drug-likeness (QED) is 0.829. The van der Waals surface area contributed by atoms with Gasteiger partial charge < -0.3 is 10.5 Å². The fourth-order valence-electron chi connectivity index (χ4n) is 3.67. The van der Waals surface area contributed by atoms with Crippen LogP contribution in [0.15, 0.2) is 24.3 Å². The summed E-state index contributed by atoms with van der Waals surface area (Å²) >= 11 is 0. The first-order valence-corrected chi connectivity index (χ1v) is 8.56. The first kappa shape index (κ1) is 16.5. The lowest BCUT2D eigenvalue weighted by molar-refractivity contribution is -0.0830. The Kier molecular flexibility index (Phi) is 5.83. The summed E-state index contributed by atoms with van der Waals surface area (Å²) in [5.74, 6) is 0.673. The second-order valence-electron chi connectivity index (χ2n) is 6.88. The van der Waals surface area contributed by atoms with E-state index in [0.717, 1.165) is 25.9 Å². The molecule has 1 atom stereocenters. The fourth-order valence-corrected chi connectivity index (χ4v) is 3.67. The van der Waals surface area contributed by atoms with Crippen molar-refractivity contribution >= 4 is 0 Å². The van der Waals surface area contributed by atoms with Gasteiger partial charge in [0.05, 0.1) is 11.6 Å². The smallest absolute Gasteiger partial charge is 0.0874 e. The van der Waals surface area contributed by atoms with Crippen LogP contribution in [0.1, 0.15) is 70.0 Å². The van der Waals surface area contributed by atoms with Crippen molar-refractivity contribution in [2.75, 3.05) is 6.61 Å². The van der Waals surface area contributed by atoms with Crippen LogP contribution >= 0.6 is 0 Å². The molecule has 2 N–H and O–H groups in total. The summed E-state index contributed by atoms with van der Waals surface area (Å²) in [5, 5.41) is 0. The molecule has 0 radical (unpaired) electrons. The summed E-state index contributed by atoms with van der Waals surface area (Å²) in [4.78, 5) is 0. The maximum absolute atomic E-state index is 6.67. The van der Waals surface area contributed by atoms with Crippen LogP contribution in [0.5, 0.6) is 0 Å². The maximum Gasteiger partial charge on any atom is 0.0874 e. The van der Waals surface area contributed by atoms with Gasteiger partial charge >= 0.3 is 0 Å². The summed E-state index contributed by atoms with van der Waals surface area (Å²) in [7, 11) is 0. The molecule has 1 aliphatic rings. The Morgan fingerprint density at radius 2 is 1.90 bits per heavy atom. The van der Waals surface area contributed by atoms with Crippen molar-refractivity contribution in [1.82, 2.24) is 0 Å². The Bertz CT molecular complexity index is 429. The van der Waals surface area contributed by atoms with E-state index in [2.05, 4.69) is 45.0 Å². The number of nitrogens with two attached hydrogens (primary N) is 1. The number of benzene rings is 1. The molecule has 0 aliphatic heterocycles. The Hall–Kier alpha value is -0.860. The summed E-state index contributed by atoms with van der Waals surface area (Å²) in [5.41, 5.74) is 9.14. The molecule has 0 heterocycles. The molecule has 0 aromatic heterocycles. The van der Waals surface area contributed by atoms with Crippen molar-refractivity contribution in [2.24, 2.45) is 11.7 Å². The molecule has 118 valence electrons. The topological polar surface area (TPSA) is 35.2 Å². The lowest BCUT2D eigenvalue weighted by atomic mass is 9.76. The normalized spacial score (nSPS) is 19.7. The lowest BCUT2D eigenvalue weighted by Gasteiger charge is -2.42. The second kappa shape index (κ2) is 7.42. The van der Waals surface area contributed by atoms with Gasteiger partial charge in [-0.3, -0.25) is 0 Å². The number of hydrogen-bond acceptors (Lipinski definition) is 2. The van der Waals surface area contributed by atoms with Gasteiger partial charge in [-0.15, -0.1) is 0 Å². The van der Waals surface area contributed by atoms with Crippen molar-refractivity contribution < 1.29 is 4.74 Å². The van der Waals surface area contributed by atoms with Gasteiger partial charge in [-0.1, -0.05) is 57.4 Å². The molecule has 0 bridgehead atoms. The van der Waals surface area contributed by atoms with E-state index < -0.39 is 0 Å². The molecule has 1 saturated carbocycles. The minimum absolute atomic E-state index is 0.00939. The zero-order valence-corrected chi connectivity index (χ0v) is 13.9. The van der Waals surface area contributed by atoms with E-state index in [-0.39, 0.29) is 11.6 Å². The molecule has 0 saturated heterocycles. The summed E-state index contributed by atoms with van der Waals surface area (Å²) in [6.07, 6.45) is 7.09. The van der Waals surface area contributed by atoms with Crippen LogP contribution in [0.3, 0.4) is 0 Å². The van der Waals surface area contributed by atoms with Gasteiger partial charge in [0, 0.05) is 6.61 Å². The predicted molar refractivity (Wildman–Crippen MR) is 89.4 cm³/mol. The molecule has 1 aromatic rings. The van der Waals surface area contributed by atoms with E-state index in [1.807, 2.05) is 0 Å². The summed E-state index contributed by atoms with van der Waals surface area (Å²) in [6.45, 7) is 7.35. The Morgan fingerprint density at radius 3 is 2.52 bits per heavy atom. The van der Waals surface area contributed by atoms with Crippen LogP contribution in [0.25, 0.3) is 0 Å². The zero-order chi connectivity index (χ0) is 15.3. The Balaban J connectivity index is 2.21.